The van der Waals surface area contributed by atoms with Crippen LogP contribution in [0, 0.1) is 6.07 Å². The molecule has 1 saturated heterocycles. The standard InChI is InChI=1S/C12H14NO2/c14-12(10-4-2-1-3-5-10)13-11-6-8-15-9-7-11/h2-5,11H,6-9H2,(H,13,14). The van der Waals surface area contributed by atoms with Crippen LogP contribution in [0.15, 0.2) is 24.3 Å². The third-order valence-electron chi connectivity index (χ3n) is 2.54. The first kappa shape index (κ1) is 10.2. The summed E-state index contributed by atoms with van der Waals surface area (Å²) in [6, 6.07) is 10.2. The van der Waals surface area contributed by atoms with E-state index in [9.17, 15) is 4.79 Å². The van der Waals surface area contributed by atoms with Gasteiger partial charge in [-0.1, -0.05) is 12.1 Å². The Labute approximate surface area is 89.4 Å². The molecule has 1 aromatic carbocycles. The van der Waals surface area contributed by atoms with Gasteiger partial charge in [0.25, 0.3) is 5.91 Å². The van der Waals surface area contributed by atoms with Gasteiger partial charge < -0.3 is 10.1 Å². The fourth-order valence-corrected chi connectivity index (χ4v) is 1.65. The fraction of sp³-hybridized carbons (Fsp3) is 0.417. The Morgan fingerprint density at radius 3 is 2.67 bits per heavy atom. The Hall–Kier alpha value is -1.35. The predicted molar refractivity (Wildman–Crippen MR) is 56.6 cm³/mol. The van der Waals surface area contributed by atoms with E-state index in [2.05, 4.69) is 11.4 Å². The van der Waals surface area contributed by atoms with Gasteiger partial charge in [-0.15, -0.1) is 0 Å². The first-order chi connectivity index (χ1) is 7.36. The molecule has 1 radical (unpaired) electrons. The molecule has 1 aliphatic rings. The number of hydrogen-bond acceptors (Lipinski definition) is 2. The Balaban J connectivity index is 1.91. The third-order valence-corrected chi connectivity index (χ3v) is 2.54. The van der Waals surface area contributed by atoms with Crippen LogP contribution in [0.5, 0.6) is 0 Å². The first-order valence-corrected chi connectivity index (χ1v) is 5.21. The summed E-state index contributed by atoms with van der Waals surface area (Å²) in [4.78, 5) is 11.7. The molecule has 1 heterocycles. The van der Waals surface area contributed by atoms with Crippen LogP contribution in [0.3, 0.4) is 0 Å². The molecule has 2 rings (SSSR count). The molecule has 79 valence electrons. The molecule has 0 aromatic heterocycles. The molecule has 0 bridgehead atoms. The highest BCUT2D eigenvalue weighted by molar-refractivity contribution is 5.94. The normalized spacial score (nSPS) is 17.3. The number of carbonyl (C=O) groups is 1. The van der Waals surface area contributed by atoms with Gasteiger partial charge in [0, 0.05) is 24.8 Å². The van der Waals surface area contributed by atoms with Crippen molar-refractivity contribution in [1.29, 1.82) is 0 Å². The second-order valence-electron chi connectivity index (χ2n) is 3.65. The van der Waals surface area contributed by atoms with E-state index in [4.69, 9.17) is 4.74 Å². The Kier molecular flexibility index (Phi) is 3.35. The Morgan fingerprint density at radius 2 is 2.00 bits per heavy atom. The van der Waals surface area contributed by atoms with Gasteiger partial charge in [-0.05, 0) is 31.0 Å². The second-order valence-corrected chi connectivity index (χ2v) is 3.65. The predicted octanol–water partition coefficient (Wildman–Crippen LogP) is 1.40. The van der Waals surface area contributed by atoms with E-state index < -0.39 is 0 Å². The molecule has 1 N–H and O–H groups in total. The minimum atomic E-state index is -0.00380. The molecule has 0 atom stereocenters. The first-order valence-electron chi connectivity index (χ1n) is 5.21. The maximum Gasteiger partial charge on any atom is 0.251 e. The highest BCUT2D eigenvalue weighted by Gasteiger charge is 2.16. The average molecular weight is 204 g/mol. The number of nitrogens with one attached hydrogen (secondary N) is 1. The lowest BCUT2D eigenvalue weighted by molar-refractivity contribution is 0.0696. The maximum atomic E-state index is 11.7. The summed E-state index contributed by atoms with van der Waals surface area (Å²) in [7, 11) is 0. The van der Waals surface area contributed by atoms with E-state index in [1.54, 1.807) is 24.3 Å². The summed E-state index contributed by atoms with van der Waals surface area (Å²) in [6.45, 7) is 1.49. The van der Waals surface area contributed by atoms with Gasteiger partial charge in [-0.3, -0.25) is 4.79 Å². The summed E-state index contributed by atoms with van der Waals surface area (Å²) in [5.41, 5.74) is 0.695. The lowest BCUT2D eigenvalue weighted by Gasteiger charge is -2.23. The van der Waals surface area contributed by atoms with Gasteiger partial charge in [-0.25, -0.2) is 0 Å². The van der Waals surface area contributed by atoms with Crippen molar-refractivity contribution in [1.82, 2.24) is 5.32 Å². The second kappa shape index (κ2) is 4.94. The van der Waals surface area contributed by atoms with E-state index >= 15 is 0 Å². The number of rotatable bonds is 2. The maximum absolute atomic E-state index is 11.7. The number of hydrogen-bond donors (Lipinski definition) is 1. The third kappa shape index (κ3) is 2.80. The monoisotopic (exact) mass is 204 g/mol. The van der Waals surface area contributed by atoms with Crippen LogP contribution in [0.2, 0.25) is 0 Å². The smallest absolute Gasteiger partial charge is 0.251 e. The topological polar surface area (TPSA) is 38.3 Å². The van der Waals surface area contributed by atoms with Crippen LogP contribution in [-0.2, 0) is 4.74 Å². The molecule has 0 spiro atoms. The van der Waals surface area contributed by atoms with Gasteiger partial charge in [-0.2, -0.15) is 0 Å². The number of carbonyl (C=O) groups excluding carboxylic acids is 1. The molecule has 0 saturated carbocycles. The molecule has 3 nitrogen and oxygen atoms in total. The van der Waals surface area contributed by atoms with Crippen molar-refractivity contribution in [2.75, 3.05) is 13.2 Å². The van der Waals surface area contributed by atoms with Crippen LogP contribution >= 0.6 is 0 Å². The molecule has 0 aliphatic carbocycles. The van der Waals surface area contributed by atoms with Crippen LogP contribution in [0.1, 0.15) is 23.2 Å². The molecule has 3 heteroatoms. The molecule has 1 amide bonds. The van der Waals surface area contributed by atoms with Gasteiger partial charge >= 0.3 is 0 Å². The summed E-state index contributed by atoms with van der Waals surface area (Å²) in [5, 5.41) is 3.00. The SMILES string of the molecule is O=C(NC1CCOCC1)c1cc[c]cc1. The zero-order chi connectivity index (χ0) is 10.5. The highest BCUT2D eigenvalue weighted by Crippen LogP contribution is 2.07. The van der Waals surface area contributed by atoms with Gasteiger partial charge in [0.2, 0.25) is 0 Å². The average Bonchev–Trinajstić information content (AvgIpc) is 2.31. The van der Waals surface area contributed by atoms with E-state index in [-0.39, 0.29) is 11.9 Å². The largest absolute Gasteiger partial charge is 0.381 e. The minimum absolute atomic E-state index is 0.00380. The van der Waals surface area contributed by atoms with Gasteiger partial charge in [0.05, 0.1) is 0 Å². The molecule has 1 aromatic rings. The van der Waals surface area contributed by atoms with Crippen molar-refractivity contribution < 1.29 is 9.53 Å². The van der Waals surface area contributed by atoms with Crippen molar-refractivity contribution in [3.05, 3.63) is 35.9 Å². The fourth-order valence-electron chi connectivity index (χ4n) is 1.65. The molecule has 0 unspecified atom stereocenters. The quantitative estimate of drug-likeness (QED) is 0.790. The van der Waals surface area contributed by atoms with Crippen molar-refractivity contribution in [3.8, 4) is 0 Å². The number of ether oxygens (including phenoxy) is 1. The van der Waals surface area contributed by atoms with Crippen LogP contribution in [0.25, 0.3) is 0 Å². The highest BCUT2D eigenvalue weighted by atomic mass is 16.5. The molecular weight excluding hydrogens is 190 g/mol. The number of amides is 1. The van der Waals surface area contributed by atoms with Gasteiger partial charge in [0.1, 0.15) is 0 Å². The molecule has 15 heavy (non-hydrogen) atoms. The summed E-state index contributed by atoms with van der Waals surface area (Å²) < 4.78 is 5.23. The van der Waals surface area contributed by atoms with Crippen molar-refractivity contribution in [3.63, 3.8) is 0 Å². The molecule has 1 aliphatic heterocycles. The van der Waals surface area contributed by atoms with E-state index in [1.807, 2.05) is 0 Å². The summed E-state index contributed by atoms with van der Waals surface area (Å²) >= 11 is 0. The summed E-state index contributed by atoms with van der Waals surface area (Å²) in [6.07, 6.45) is 1.81. The molecular formula is C12H14NO2. The Morgan fingerprint density at radius 1 is 1.33 bits per heavy atom. The zero-order valence-corrected chi connectivity index (χ0v) is 8.53. The summed E-state index contributed by atoms with van der Waals surface area (Å²) in [5.74, 6) is -0.00380. The molecule has 1 fully saturated rings. The van der Waals surface area contributed by atoms with Crippen molar-refractivity contribution >= 4 is 5.91 Å². The van der Waals surface area contributed by atoms with E-state index in [0.717, 1.165) is 26.1 Å². The number of benzene rings is 1. The Bertz CT molecular complexity index is 318. The van der Waals surface area contributed by atoms with Crippen LogP contribution in [-0.4, -0.2) is 25.2 Å². The lowest BCUT2D eigenvalue weighted by Crippen LogP contribution is -2.38. The van der Waals surface area contributed by atoms with Gasteiger partial charge in [0.15, 0.2) is 0 Å². The lowest BCUT2D eigenvalue weighted by atomic mass is 10.1. The van der Waals surface area contributed by atoms with E-state index in [1.165, 1.54) is 0 Å². The van der Waals surface area contributed by atoms with Crippen molar-refractivity contribution in [2.45, 2.75) is 18.9 Å². The van der Waals surface area contributed by atoms with Crippen LogP contribution < -0.4 is 5.32 Å². The van der Waals surface area contributed by atoms with Crippen LogP contribution in [0.4, 0.5) is 0 Å². The minimum Gasteiger partial charge on any atom is -0.381 e. The zero-order valence-electron chi connectivity index (χ0n) is 8.53. The van der Waals surface area contributed by atoms with Crippen molar-refractivity contribution in [2.24, 2.45) is 0 Å². The van der Waals surface area contributed by atoms with E-state index in [0.29, 0.717) is 5.56 Å².